The molecule has 0 aliphatic carbocycles. The molecule has 15 heavy (non-hydrogen) atoms. The third-order valence-corrected chi connectivity index (χ3v) is 1.75. The van der Waals surface area contributed by atoms with Crippen LogP contribution in [0.15, 0.2) is 0 Å². The molecule has 0 saturated heterocycles. The van der Waals surface area contributed by atoms with Crippen LogP contribution in [0, 0.1) is 5.92 Å². The lowest BCUT2D eigenvalue weighted by atomic mass is 10.2. The highest BCUT2D eigenvalue weighted by molar-refractivity contribution is 4.47. The summed E-state index contributed by atoms with van der Waals surface area (Å²) in [5, 5.41) is 11.7. The van der Waals surface area contributed by atoms with Gasteiger partial charge in [0.1, 0.15) is 0 Å². The second kappa shape index (κ2) is 11.9. The maximum absolute atomic E-state index is 8.45. The van der Waals surface area contributed by atoms with E-state index in [1.165, 1.54) is 0 Å². The summed E-state index contributed by atoms with van der Waals surface area (Å²) in [6.07, 6.45) is 0.976. The van der Waals surface area contributed by atoms with Gasteiger partial charge in [-0.1, -0.05) is 13.8 Å². The number of hydrogen-bond donors (Lipinski definition) is 2. The molecule has 0 aromatic carbocycles. The fourth-order valence-electron chi connectivity index (χ4n) is 1.05. The first kappa shape index (κ1) is 14.8. The van der Waals surface area contributed by atoms with Gasteiger partial charge in [0, 0.05) is 19.8 Å². The van der Waals surface area contributed by atoms with E-state index in [4.69, 9.17) is 14.6 Å². The van der Waals surface area contributed by atoms with Crippen LogP contribution >= 0.6 is 0 Å². The Bertz CT molecular complexity index is 120. The third-order valence-electron chi connectivity index (χ3n) is 1.75. The van der Waals surface area contributed by atoms with Crippen LogP contribution in [0.1, 0.15) is 20.3 Å². The van der Waals surface area contributed by atoms with Crippen LogP contribution < -0.4 is 5.32 Å². The molecule has 0 rings (SSSR count). The van der Waals surface area contributed by atoms with E-state index in [1.807, 2.05) is 0 Å². The van der Waals surface area contributed by atoms with Crippen molar-refractivity contribution in [2.45, 2.75) is 20.3 Å². The summed E-state index contributed by atoms with van der Waals surface area (Å²) in [7, 11) is 0. The van der Waals surface area contributed by atoms with Crippen LogP contribution in [0.25, 0.3) is 0 Å². The van der Waals surface area contributed by atoms with E-state index in [2.05, 4.69) is 19.2 Å². The lowest BCUT2D eigenvalue weighted by Gasteiger charge is -2.07. The van der Waals surface area contributed by atoms with Gasteiger partial charge in [-0.3, -0.25) is 0 Å². The summed E-state index contributed by atoms with van der Waals surface area (Å²) in [5.74, 6) is 0.608. The van der Waals surface area contributed by atoms with Crippen LogP contribution in [0.3, 0.4) is 0 Å². The molecule has 92 valence electrons. The maximum Gasteiger partial charge on any atom is 0.0697 e. The Morgan fingerprint density at radius 2 is 1.87 bits per heavy atom. The molecule has 0 heterocycles. The Morgan fingerprint density at radius 3 is 2.53 bits per heavy atom. The van der Waals surface area contributed by atoms with E-state index in [1.54, 1.807) is 0 Å². The zero-order valence-corrected chi connectivity index (χ0v) is 10.00. The summed E-state index contributed by atoms with van der Waals surface area (Å²) in [5.41, 5.74) is 0. The summed E-state index contributed by atoms with van der Waals surface area (Å²) < 4.78 is 10.5. The number of aliphatic hydroxyl groups is 1. The first-order valence-corrected chi connectivity index (χ1v) is 5.74. The van der Waals surface area contributed by atoms with Gasteiger partial charge in [-0.15, -0.1) is 0 Å². The molecule has 0 aromatic heterocycles. The maximum atomic E-state index is 8.45. The van der Waals surface area contributed by atoms with E-state index in [0.29, 0.717) is 19.1 Å². The fraction of sp³-hybridized carbons (Fsp3) is 1.00. The van der Waals surface area contributed by atoms with E-state index < -0.39 is 0 Å². The topological polar surface area (TPSA) is 50.7 Å². The second-order valence-corrected chi connectivity index (χ2v) is 3.91. The molecular weight excluding hydrogens is 194 g/mol. The Balaban J connectivity index is 2.87. The van der Waals surface area contributed by atoms with Crippen LogP contribution in [0.5, 0.6) is 0 Å². The molecule has 0 radical (unpaired) electrons. The van der Waals surface area contributed by atoms with E-state index in [9.17, 15) is 0 Å². The predicted octanol–water partition coefficient (Wildman–Crippen LogP) is 0.648. The number of rotatable bonds is 11. The highest BCUT2D eigenvalue weighted by atomic mass is 16.5. The van der Waals surface area contributed by atoms with E-state index in [0.717, 1.165) is 32.7 Å². The average molecular weight is 219 g/mol. The number of aliphatic hydroxyl groups excluding tert-OH is 1. The van der Waals surface area contributed by atoms with Crippen LogP contribution in [0.4, 0.5) is 0 Å². The Morgan fingerprint density at radius 1 is 1.07 bits per heavy atom. The standard InChI is InChI=1S/C11H25NO3/c1-11(2)10-15-8-5-12-4-3-7-14-9-6-13/h11-13H,3-10H2,1-2H3. The predicted molar refractivity (Wildman–Crippen MR) is 61.0 cm³/mol. The van der Waals surface area contributed by atoms with Gasteiger partial charge in [-0.25, -0.2) is 0 Å². The first-order valence-electron chi connectivity index (χ1n) is 5.74. The summed E-state index contributed by atoms with van der Waals surface area (Å²) >= 11 is 0. The number of hydrogen-bond acceptors (Lipinski definition) is 4. The van der Waals surface area contributed by atoms with Gasteiger partial charge in [-0.05, 0) is 18.9 Å². The van der Waals surface area contributed by atoms with E-state index in [-0.39, 0.29) is 6.61 Å². The highest BCUT2D eigenvalue weighted by Gasteiger charge is 1.93. The first-order chi connectivity index (χ1) is 7.27. The number of ether oxygens (including phenoxy) is 2. The van der Waals surface area contributed by atoms with E-state index >= 15 is 0 Å². The van der Waals surface area contributed by atoms with Crippen molar-refractivity contribution in [2.75, 3.05) is 46.1 Å². The van der Waals surface area contributed by atoms with Gasteiger partial charge in [-0.2, -0.15) is 0 Å². The zero-order valence-electron chi connectivity index (χ0n) is 10.00. The molecule has 0 amide bonds. The molecule has 0 aliphatic heterocycles. The van der Waals surface area contributed by atoms with Crippen LogP contribution in [0.2, 0.25) is 0 Å². The average Bonchev–Trinajstić information content (AvgIpc) is 2.20. The quantitative estimate of drug-likeness (QED) is 0.501. The molecule has 0 fully saturated rings. The SMILES string of the molecule is CC(C)COCCNCCCOCCO. The zero-order chi connectivity index (χ0) is 11.4. The normalized spacial score (nSPS) is 11.2. The van der Waals surface area contributed by atoms with Crippen molar-refractivity contribution in [2.24, 2.45) is 5.92 Å². The third kappa shape index (κ3) is 13.8. The molecule has 0 aliphatic rings. The molecular formula is C11H25NO3. The van der Waals surface area contributed by atoms with Gasteiger partial charge in [0.15, 0.2) is 0 Å². The Labute approximate surface area is 93.0 Å². The molecule has 0 saturated carbocycles. The van der Waals surface area contributed by atoms with Crippen molar-refractivity contribution in [3.05, 3.63) is 0 Å². The van der Waals surface area contributed by atoms with Gasteiger partial charge in [0.05, 0.1) is 19.8 Å². The fourth-order valence-corrected chi connectivity index (χ4v) is 1.05. The molecule has 0 unspecified atom stereocenters. The highest BCUT2D eigenvalue weighted by Crippen LogP contribution is 1.90. The van der Waals surface area contributed by atoms with Crippen molar-refractivity contribution < 1.29 is 14.6 Å². The molecule has 2 N–H and O–H groups in total. The van der Waals surface area contributed by atoms with Crippen molar-refractivity contribution in [3.63, 3.8) is 0 Å². The summed E-state index contributed by atoms with van der Waals surface area (Å²) in [6.45, 7) is 8.99. The molecule has 0 aromatic rings. The lowest BCUT2D eigenvalue weighted by molar-refractivity contribution is 0.0891. The van der Waals surface area contributed by atoms with Crippen LogP contribution in [-0.2, 0) is 9.47 Å². The summed E-state index contributed by atoms with van der Waals surface area (Å²) in [6, 6.07) is 0. The second-order valence-electron chi connectivity index (χ2n) is 3.91. The van der Waals surface area contributed by atoms with Crippen molar-refractivity contribution in [1.29, 1.82) is 0 Å². The van der Waals surface area contributed by atoms with Crippen molar-refractivity contribution >= 4 is 0 Å². The Hall–Kier alpha value is -0.160. The van der Waals surface area contributed by atoms with Crippen molar-refractivity contribution in [1.82, 2.24) is 5.32 Å². The van der Waals surface area contributed by atoms with Gasteiger partial charge >= 0.3 is 0 Å². The largest absolute Gasteiger partial charge is 0.394 e. The van der Waals surface area contributed by atoms with Crippen LogP contribution in [-0.4, -0.2) is 51.2 Å². The molecule has 0 atom stereocenters. The Kier molecular flexibility index (Phi) is 11.8. The molecule has 0 spiro atoms. The number of nitrogens with one attached hydrogen (secondary N) is 1. The van der Waals surface area contributed by atoms with Gasteiger partial charge in [0.2, 0.25) is 0 Å². The molecule has 4 nitrogen and oxygen atoms in total. The minimum absolute atomic E-state index is 0.108. The lowest BCUT2D eigenvalue weighted by Crippen LogP contribution is -2.22. The van der Waals surface area contributed by atoms with Crippen molar-refractivity contribution in [3.8, 4) is 0 Å². The van der Waals surface area contributed by atoms with Gasteiger partial charge in [0.25, 0.3) is 0 Å². The smallest absolute Gasteiger partial charge is 0.0697 e. The minimum atomic E-state index is 0.108. The minimum Gasteiger partial charge on any atom is -0.394 e. The monoisotopic (exact) mass is 219 g/mol. The molecule has 4 heteroatoms. The molecule has 0 bridgehead atoms. The summed E-state index contributed by atoms with van der Waals surface area (Å²) in [4.78, 5) is 0. The van der Waals surface area contributed by atoms with Gasteiger partial charge < -0.3 is 19.9 Å².